The van der Waals surface area contributed by atoms with Gasteiger partial charge in [0.1, 0.15) is 84.4 Å². The Hall–Kier alpha value is -4.02. The number of hydrogen-bond donors (Lipinski definition) is 7. The van der Waals surface area contributed by atoms with Crippen LogP contribution in [-0.2, 0) is 79.0 Å². The van der Waals surface area contributed by atoms with Gasteiger partial charge in [-0.3, -0.25) is 27.3 Å². The number of anilines is 3. The predicted octanol–water partition coefficient (Wildman–Crippen LogP) is -0.190. The van der Waals surface area contributed by atoms with Crippen molar-refractivity contribution in [3.8, 4) is 0 Å². The first-order valence-corrected chi connectivity index (χ1v) is 28.0. The van der Waals surface area contributed by atoms with Crippen LogP contribution in [0.1, 0.15) is 25.1 Å². The topological polar surface area (TPSA) is 408 Å². The van der Waals surface area contributed by atoms with Gasteiger partial charge in [-0.2, -0.15) is 0 Å². The van der Waals surface area contributed by atoms with Crippen LogP contribution < -0.4 is 17.2 Å². The summed E-state index contributed by atoms with van der Waals surface area (Å²) in [4.78, 5) is 61.1. The number of aliphatic hydroxyl groups is 2. The maximum absolute atomic E-state index is 13.1. The first kappa shape index (κ1) is 51.9. The first-order valence-electron chi connectivity index (χ1n) is 21.1. The Balaban J connectivity index is 0.941. The second kappa shape index (κ2) is 20.7. The second-order valence-corrected chi connectivity index (χ2v) is 24.0. The van der Waals surface area contributed by atoms with Gasteiger partial charge >= 0.3 is 21.0 Å². The van der Waals surface area contributed by atoms with Crippen LogP contribution in [-0.4, -0.2) is 181 Å². The van der Waals surface area contributed by atoms with Gasteiger partial charge in [0.25, 0.3) is 0 Å². The second-order valence-electron chi connectivity index (χ2n) is 16.0. The summed E-state index contributed by atoms with van der Waals surface area (Å²) in [5.41, 5.74) is 19.5. The number of fused-ring (bicyclic) bond motifs is 3. The molecule has 3 fully saturated rings. The molecule has 6 aromatic heterocycles. The van der Waals surface area contributed by atoms with Gasteiger partial charge in [-0.05, 0) is 30.0 Å². The fourth-order valence-corrected chi connectivity index (χ4v) is 12.4. The van der Waals surface area contributed by atoms with Crippen molar-refractivity contribution in [3.63, 3.8) is 0 Å². The molecule has 6 aromatic rings. The molecular weight excluding hydrogens is 1040 g/mol. The molecule has 0 amide bonds. The van der Waals surface area contributed by atoms with E-state index in [4.69, 9.17) is 91.6 Å². The van der Waals surface area contributed by atoms with Crippen molar-refractivity contribution in [2.24, 2.45) is 0 Å². The normalized spacial score (nSPS) is 29.9. The monoisotopic (exact) mass is 1090 g/mol. The molecule has 0 saturated carbocycles. The van der Waals surface area contributed by atoms with Crippen molar-refractivity contribution in [1.29, 1.82) is 0 Å². The minimum absolute atomic E-state index is 0.0492. The maximum Gasteiger partial charge on any atom is 0.330 e. The molecule has 0 bridgehead atoms. The predicted molar refractivity (Wildman–Crippen MR) is 250 cm³/mol. The number of aliphatic hydroxyl groups excluding tert-OH is 2. The number of nitrogen functional groups attached to an aromatic ring is 3. The van der Waals surface area contributed by atoms with Crippen LogP contribution in [0, 0.1) is 0 Å². The molecule has 36 heteroatoms. The van der Waals surface area contributed by atoms with Gasteiger partial charge < -0.3 is 79.0 Å². The van der Waals surface area contributed by atoms with E-state index in [1.54, 1.807) is 0 Å². The Morgan fingerprint density at radius 2 is 0.972 bits per heavy atom. The van der Waals surface area contributed by atoms with E-state index in [1.165, 1.54) is 80.1 Å². The summed E-state index contributed by atoms with van der Waals surface area (Å²) >= 11 is 11.1. The zero-order valence-corrected chi connectivity index (χ0v) is 42.0. The van der Waals surface area contributed by atoms with Crippen LogP contribution in [0.4, 0.5) is 17.5 Å². The number of methoxy groups -OCH3 is 2. The molecule has 0 radical (unpaired) electrons. The number of imidazole rings is 3. The molecule has 0 aromatic carbocycles. The highest BCUT2D eigenvalue weighted by Gasteiger charge is 2.53. The molecule has 71 heavy (non-hydrogen) atoms. The highest BCUT2D eigenvalue weighted by atomic mass is 32.5. The van der Waals surface area contributed by atoms with Gasteiger partial charge in [-0.25, -0.2) is 44.9 Å². The molecule has 9 rings (SSSR count). The summed E-state index contributed by atoms with van der Waals surface area (Å²) in [6.45, 7) is -9.83. The Morgan fingerprint density at radius 3 is 1.41 bits per heavy atom. The molecule has 14 atom stereocenters. The standard InChI is InChI=1S/C35H48N15O16P3S2/c1-56-23-15(5-6-67(53,58-3)59-4)62-34(49-13-46-19-28(37)40-10-43-31(19)49)25(23)65-69(55,71)61-8-17-24(57-2)26(35(64-17)50-14-47-20-29(38)41-11-44-32(20)50)66-68(54,70)60-7-16-21(51)22(52)33(63-16)48-12-45-18-27(36)39-9-42-30(18)48/h9-17,21-26,33-35,51-52H,5-8H2,1-4H3,(H,54,70)(H,55,71)(H2,36,39,42)(H2,37,40,43)(H2,38,41,44)/t15-,16-,17-,21-,22-,23-,24-,25-,26-,33-,34-,35-,68-,69-/m1/s1. The number of rotatable bonds is 20. The molecule has 0 aliphatic carbocycles. The van der Waals surface area contributed by atoms with Crippen LogP contribution in [0.3, 0.4) is 0 Å². The molecule has 31 nitrogen and oxygen atoms in total. The fraction of sp³-hybridized carbons (Fsp3) is 0.571. The Kier molecular flexibility index (Phi) is 15.1. The molecule has 3 aliphatic rings. The minimum Gasteiger partial charge on any atom is -0.387 e. The molecule has 3 aliphatic heterocycles. The molecular formula is C35H48N15O16P3S2. The Morgan fingerprint density at radius 1 is 0.577 bits per heavy atom. The highest BCUT2D eigenvalue weighted by Crippen LogP contribution is 2.55. The maximum atomic E-state index is 13.1. The average Bonchev–Trinajstić information content (AvgIpc) is 4.22. The van der Waals surface area contributed by atoms with Crippen molar-refractivity contribution in [1.82, 2.24) is 58.6 Å². The van der Waals surface area contributed by atoms with Crippen LogP contribution in [0.5, 0.6) is 0 Å². The Labute approximate surface area is 411 Å². The van der Waals surface area contributed by atoms with E-state index in [1.807, 2.05) is 0 Å². The highest BCUT2D eigenvalue weighted by molar-refractivity contribution is 8.07. The van der Waals surface area contributed by atoms with Gasteiger partial charge in [0.2, 0.25) is 0 Å². The number of ether oxygens (including phenoxy) is 5. The summed E-state index contributed by atoms with van der Waals surface area (Å²) < 4.78 is 82.4. The molecule has 0 unspecified atom stereocenters. The molecule has 0 spiro atoms. The quantitative estimate of drug-likeness (QED) is 0.0487. The number of aromatic nitrogens is 12. The zero-order valence-electron chi connectivity index (χ0n) is 37.7. The van der Waals surface area contributed by atoms with Gasteiger partial charge in [-0.1, -0.05) is 0 Å². The van der Waals surface area contributed by atoms with E-state index in [0.29, 0.717) is 0 Å². The van der Waals surface area contributed by atoms with Crippen LogP contribution >= 0.6 is 21.0 Å². The van der Waals surface area contributed by atoms with Crippen molar-refractivity contribution < 1.29 is 75.4 Å². The number of nitrogens with two attached hydrogens (primary N) is 3. The van der Waals surface area contributed by atoms with Gasteiger partial charge in [0.15, 0.2) is 53.1 Å². The smallest absolute Gasteiger partial charge is 0.330 e. The van der Waals surface area contributed by atoms with Gasteiger partial charge in [0.05, 0.1) is 44.5 Å². The summed E-state index contributed by atoms with van der Waals surface area (Å²) in [5.74, 6) is 0.230. The molecule has 386 valence electrons. The van der Waals surface area contributed by atoms with Gasteiger partial charge in [-0.15, -0.1) is 0 Å². The molecule has 3 saturated heterocycles. The lowest BCUT2D eigenvalue weighted by Gasteiger charge is -2.29. The van der Waals surface area contributed by atoms with E-state index in [0.717, 1.165) is 0 Å². The van der Waals surface area contributed by atoms with E-state index >= 15 is 0 Å². The van der Waals surface area contributed by atoms with E-state index in [2.05, 4.69) is 44.9 Å². The van der Waals surface area contributed by atoms with Crippen molar-refractivity contribution in [2.75, 3.05) is 65.0 Å². The van der Waals surface area contributed by atoms with Crippen LogP contribution in [0.2, 0.25) is 0 Å². The third kappa shape index (κ3) is 10.2. The summed E-state index contributed by atoms with van der Waals surface area (Å²) in [5, 5.41) is 22.0. The van der Waals surface area contributed by atoms with E-state index in [-0.39, 0.29) is 63.5 Å². The van der Waals surface area contributed by atoms with Crippen LogP contribution in [0.25, 0.3) is 33.5 Å². The van der Waals surface area contributed by atoms with Crippen molar-refractivity contribution >= 4 is 95.6 Å². The largest absolute Gasteiger partial charge is 0.387 e. The van der Waals surface area contributed by atoms with E-state index in [9.17, 15) is 24.6 Å². The van der Waals surface area contributed by atoms with Crippen molar-refractivity contribution in [3.05, 3.63) is 38.0 Å². The average molecular weight is 1090 g/mol. The number of nitrogens with zero attached hydrogens (tertiary/aromatic N) is 12. The summed E-state index contributed by atoms with van der Waals surface area (Å²) in [7, 11) is 1.71. The zero-order chi connectivity index (χ0) is 50.6. The summed E-state index contributed by atoms with van der Waals surface area (Å²) in [6.07, 6.45) is -6.95. The molecule has 10 N–H and O–H groups in total. The SMILES string of the molecule is CO[C@H]1[C@@H](O[P@](O)(=S)OC[C@H]2O[C@@H](n3cnc4c(N)ncnc43)[C@H](O[P@](O)(=S)OC[C@H]3O[C@@H](n4cnc5c(N)ncnc54)[C@H](O)[C@@H]3O)[C@@H]2OC)[C@H](n2cnc3c(N)ncnc32)O[C@@H]1CCP(=O)(OC)OC. The van der Waals surface area contributed by atoms with E-state index < -0.39 is 108 Å². The molecule has 9 heterocycles. The first-order chi connectivity index (χ1) is 33.9. The lowest BCUT2D eigenvalue weighted by atomic mass is 10.1. The lowest BCUT2D eigenvalue weighted by molar-refractivity contribution is -0.0591. The van der Waals surface area contributed by atoms with Crippen LogP contribution in [0.15, 0.2) is 38.0 Å². The number of hydrogen-bond acceptors (Lipinski definition) is 28. The van der Waals surface area contributed by atoms with Crippen molar-refractivity contribution in [2.45, 2.75) is 80.0 Å². The summed E-state index contributed by atoms with van der Waals surface area (Å²) in [6, 6.07) is 0. The third-order valence-corrected chi connectivity index (χ3v) is 17.0. The Bertz CT molecular complexity index is 3030. The third-order valence-electron chi connectivity index (χ3n) is 12.0. The lowest BCUT2D eigenvalue weighted by Crippen LogP contribution is -2.38. The minimum atomic E-state index is -4.37. The van der Waals surface area contributed by atoms with Gasteiger partial charge in [0, 0.05) is 28.4 Å². The fourth-order valence-electron chi connectivity index (χ4n) is 8.54.